The summed E-state index contributed by atoms with van der Waals surface area (Å²) in [6.45, 7) is 2.10. The van der Waals surface area contributed by atoms with Crippen LogP contribution in [0.3, 0.4) is 0 Å². The number of H-pyrrole nitrogens is 1. The van der Waals surface area contributed by atoms with Gasteiger partial charge in [0, 0.05) is 40.3 Å². The Bertz CT molecular complexity index is 1480. The van der Waals surface area contributed by atoms with Gasteiger partial charge in [-0.15, -0.1) is 0 Å². The standard InChI is InChI=1S/C22H25N7O6S/c1-26-16-15(17(30)27(2)22(26)33)24-20(25-16)28-7-9-29(10-8-28)21(36)23-14-11-12(18(31)34-3)5-6-13(14)19(32)35-4/h5-6,11H,7-10H2,1-4H3,(H,23,36)(H,24,25). The van der Waals surface area contributed by atoms with Crippen molar-refractivity contribution in [3.63, 3.8) is 0 Å². The number of carbonyl (C=O) groups excluding carboxylic acids is 2. The summed E-state index contributed by atoms with van der Waals surface area (Å²) in [5, 5.41) is 3.41. The van der Waals surface area contributed by atoms with E-state index >= 15 is 0 Å². The molecule has 14 heteroatoms. The molecule has 2 aromatic heterocycles. The van der Waals surface area contributed by atoms with Gasteiger partial charge in [0.15, 0.2) is 16.3 Å². The van der Waals surface area contributed by atoms with Gasteiger partial charge in [0.1, 0.15) is 0 Å². The first-order chi connectivity index (χ1) is 17.2. The van der Waals surface area contributed by atoms with Gasteiger partial charge in [-0.05, 0) is 30.4 Å². The number of thiocarbonyl (C=S) groups is 1. The molecule has 1 aliphatic heterocycles. The predicted octanol–water partition coefficient (Wildman–Crippen LogP) is 0.0525. The molecule has 0 atom stereocenters. The number of hydrogen-bond acceptors (Lipinski definition) is 9. The lowest BCUT2D eigenvalue weighted by Gasteiger charge is -2.36. The molecule has 13 nitrogen and oxygen atoms in total. The summed E-state index contributed by atoms with van der Waals surface area (Å²) >= 11 is 5.57. The molecule has 2 N–H and O–H groups in total. The first kappa shape index (κ1) is 24.9. The molecule has 3 aromatic rings. The second-order valence-electron chi connectivity index (χ2n) is 8.11. The number of carbonyl (C=O) groups is 2. The Balaban J connectivity index is 1.50. The van der Waals surface area contributed by atoms with E-state index < -0.39 is 23.2 Å². The van der Waals surface area contributed by atoms with Crippen molar-refractivity contribution in [3.05, 3.63) is 50.2 Å². The number of nitrogens with zero attached hydrogens (tertiary/aromatic N) is 5. The second-order valence-corrected chi connectivity index (χ2v) is 8.50. The van der Waals surface area contributed by atoms with Crippen molar-refractivity contribution in [2.45, 2.75) is 0 Å². The number of hydrogen-bond donors (Lipinski definition) is 2. The lowest BCUT2D eigenvalue weighted by Crippen LogP contribution is -2.50. The Morgan fingerprint density at radius 3 is 2.33 bits per heavy atom. The van der Waals surface area contributed by atoms with Gasteiger partial charge in [0.05, 0.1) is 31.0 Å². The highest BCUT2D eigenvalue weighted by atomic mass is 32.1. The number of imidazole rings is 1. The number of rotatable bonds is 4. The molecule has 3 heterocycles. The predicted molar refractivity (Wildman–Crippen MR) is 136 cm³/mol. The van der Waals surface area contributed by atoms with Gasteiger partial charge >= 0.3 is 17.6 Å². The van der Waals surface area contributed by atoms with Gasteiger partial charge < -0.3 is 29.6 Å². The number of fused-ring (bicyclic) bond motifs is 1. The summed E-state index contributed by atoms with van der Waals surface area (Å²) in [6, 6.07) is 4.43. The van der Waals surface area contributed by atoms with Crippen LogP contribution in [0, 0.1) is 0 Å². The summed E-state index contributed by atoms with van der Waals surface area (Å²) in [6.07, 6.45) is 0. The highest BCUT2D eigenvalue weighted by Crippen LogP contribution is 2.21. The van der Waals surface area contributed by atoms with Gasteiger partial charge in [-0.3, -0.25) is 13.9 Å². The van der Waals surface area contributed by atoms with E-state index in [1.807, 2.05) is 9.80 Å². The monoisotopic (exact) mass is 515 g/mol. The molecule has 1 aliphatic rings. The largest absolute Gasteiger partial charge is 0.465 e. The quantitative estimate of drug-likeness (QED) is 0.359. The van der Waals surface area contributed by atoms with Crippen molar-refractivity contribution >= 4 is 52.1 Å². The van der Waals surface area contributed by atoms with E-state index in [1.54, 1.807) is 7.05 Å². The smallest absolute Gasteiger partial charge is 0.339 e. The molecular formula is C22H25N7O6S. The lowest BCUT2D eigenvalue weighted by molar-refractivity contribution is 0.0587. The summed E-state index contributed by atoms with van der Waals surface area (Å²) in [4.78, 5) is 60.2. The highest BCUT2D eigenvalue weighted by molar-refractivity contribution is 7.80. The van der Waals surface area contributed by atoms with Gasteiger partial charge in [0.2, 0.25) is 5.95 Å². The van der Waals surface area contributed by atoms with Gasteiger partial charge in [-0.2, -0.15) is 4.98 Å². The molecule has 190 valence electrons. The minimum absolute atomic E-state index is 0.223. The Morgan fingerprint density at radius 2 is 1.69 bits per heavy atom. The molecule has 36 heavy (non-hydrogen) atoms. The summed E-state index contributed by atoms with van der Waals surface area (Å²) in [5.74, 6) is -0.639. The van der Waals surface area contributed by atoms with Crippen molar-refractivity contribution in [1.82, 2.24) is 24.0 Å². The maximum absolute atomic E-state index is 12.5. The number of benzene rings is 1. The van der Waals surface area contributed by atoms with Crippen LogP contribution < -0.4 is 21.5 Å². The molecule has 0 unspecified atom stereocenters. The van der Waals surface area contributed by atoms with Gasteiger partial charge in [0.25, 0.3) is 5.56 Å². The summed E-state index contributed by atoms with van der Waals surface area (Å²) in [5.41, 5.74) is 0.465. The van der Waals surface area contributed by atoms with E-state index in [9.17, 15) is 19.2 Å². The van der Waals surface area contributed by atoms with Gasteiger partial charge in [-0.1, -0.05) is 0 Å². The number of aromatic amines is 1. The number of piperazine rings is 1. The fourth-order valence-electron chi connectivity index (χ4n) is 3.96. The van der Waals surface area contributed by atoms with Crippen molar-refractivity contribution in [2.75, 3.05) is 50.6 Å². The summed E-state index contributed by atoms with van der Waals surface area (Å²) < 4.78 is 12.0. The van der Waals surface area contributed by atoms with Crippen molar-refractivity contribution < 1.29 is 19.1 Å². The van der Waals surface area contributed by atoms with E-state index in [-0.39, 0.29) is 16.6 Å². The molecule has 4 rings (SSSR count). The topological polar surface area (TPSA) is 144 Å². The zero-order valence-electron chi connectivity index (χ0n) is 20.2. The van der Waals surface area contributed by atoms with Crippen molar-refractivity contribution in [2.24, 2.45) is 14.1 Å². The Hall–Kier alpha value is -4.20. The van der Waals surface area contributed by atoms with Crippen LogP contribution in [0.4, 0.5) is 11.6 Å². The van der Waals surface area contributed by atoms with Crippen LogP contribution in [-0.2, 0) is 23.6 Å². The van der Waals surface area contributed by atoms with Crippen LogP contribution in [-0.4, -0.2) is 81.5 Å². The fourth-order valence-corrected chi connectivity index (χ4v) is 4.25. The third-order valence-electron chi connectivity index (χ3n) is 6.04. The third kappa shape index (κ3) is 4.42. The van der Waals surface area contributed by atoms with Gasteiger partial charge in [-0.25, -0.2) is 14.4 Å². The fraction of sp³-hybridized carbons (Fsp3) is 0.364. The van der Waals surface area contributed by atoms with E-state index in [1.165, 1.54) is 44.0 Å². The number of methoxy groups -OCH3 is 2. The van der Waals surface area contributed by atoms with E-state index in [2.05, 4.69) is 15.3 Å². The molecular weight excluding hydrogens is 490 g/mol. The molecule has 0 saturated carbocycles. The number of aromatic nitrogens is 4. The van der Waals surface area contributed by atoms with Crippen LogP contribution in [0.2, 0.25) is 0 Å². The number of nitrogens with one attached hydrogen (secondary N) is 2. The normalized spacial score (nSPS) is 13.6. The number of anilines is 2. The zero-order valence-corrected chi connectivity index (χ0v) is 21.0. The molecule has 0 spiro atoms. The average molecular weight is 516 g/mol. The Kier molecular flexibility index (Phi) is 6.79. The van der Waals surface area contributed by atoms with E-state index in [4.69, 9.17) is 21.7 Å². The minimum atomic E-state index is -0.577. The number of ether oxygens (including phenoxy) is 2. The van der Waals surface area contributed by atoms with Crippen LogP contribution in [0.25, 0.3) is 11.2 Å². The first-order valence-electron chi connectivity index (χ1n) is 10.9. The molecule has 0 bridgehead atoms. The number of aryl methyl sites for hydroxylation is 1. The second kappa shape index (κ2) is 9.81. The molecule has 1 aromatic carbocycles. The lowest BCUT2D eigenvalue weighted by atomic mass is 10.1. The van der Waals surface area contributed by atoms with E-state index in [0.29, 0.717) is 48.6 Å². The van der Waals surface area contributed by atoms with E-state index in [0.717, 1.165) is 4.57 Å². The Labute approximate surface area is 210 Å². The minimum Gasteiger partial charge on any atom is -0.465 e. The average Bonchev–Trinajstić information content (AvgIpc) is 3.35. The van der Waals surface area contributed by atoms with Crippen molar-refractivity contribution in [1.29, 1.82) is 0 Å². The molecule has 0 aliphatic carbocycles. The Morgan fingerprint density at radius 1 is 1.03 bits per heavy atom. The van der Waals surface area contributed by atoms with Crippen LogP contribution in [0.5, 0.6) is 0 Å². The highest BCUT2D eigenvalue weighted by Gasteiger charge is 2.24. The third-order valence-corrected chi connectivity index (χ3v) is 6.40. The maximum Gasteiger partial charge on any atom is 0.339 e. The molecule has 0 radical (unpaired) electrons. The molecule has 1 saturated heterocycles. The maximum atomic E-state index is 12.5. The molecule has 0 amide bonds. The molecule has 1 fully saturated rings. The first-order valence-corrected chi connectivity index (χ1v) is 11.3. The SMILES string of the molecule is COC(=O)c1ccc(C(=O)OC)c(NC(=S)N2CCN(c3nc4c([nH]3)c(=O)n(C)c(=O)n4C)CC2)c1. The number of esters is 2. The van der Waals surface area contributed by atoms with Crippen molar-refractivity contribution in [3.8, 4) is 0 Å². The zero-order chi connectivity index (χ0) is 26.1. The van der Waals surface area contributed by atoms with Crippen LogP contribution in [0.1, 0.15) is 20.7 Å². The van der Waals surface area contributed by atoms with Crippen LogP contribution >= 0.6 is 12.2 Å². The van der Waals surface area contributed by atoms with Crippen LogP contribution in [0.15, 0.2) is 27.8 Å². The summed E-state index contributed by atoms with van der Waals surface area (Å²) in [7, 11) is 5.52.